The summed E-state index contributed by atoms with van der Waals surface area (Å²) in [4.78, 5) is 38.2. The molecular formula is C21H26N2O6S2. The summed E-state index contributed by atoms with van der Waals surface area (Å²) in [6.45, 7) is 3.70. The van der Waals surface area contributed by atoms with Gasteiger partial charge in [0, 0.05) is 13.0 Å². The number of carbonyl (C=O) groups excluding carboxylic acids is 2. The molecule has 31 heavy (non-hydrogen) atoms. The van der Waals surface area contributed by atoms with Crippen molar-refractivity contribution in [2.45, 2.75) is 32.7 Å². The number of benzene rings is 1. The van der Waals surface area contributed by atoms with E-state index in [1.807, 2.05) is 6.92 Å². The molecule has 1 aromatic rings. The lowest BCUT2D eigenvalue weighted by Gasteiger charge is -2.21. The maximum atomic E-state index is 12.8. The molecule has 1 saturated heterocycles. The van der Waals surface area contributed by atoms with Crippen LogP contribution in [0.3, 0.4) is 0 Å². The smallest absolute Gasteiger partial charge is 0.326 e. The molecule has 1 aliphatic heterocycles. The second kappa shape index (κ2) is 11.1. The third-order valence-electron chi connectivity index (χ3n) is 4.94. The van der Waals surface area contributed by atoms with Crippen LogP contribution in [0.4, 0.5) is 0 Å². The van der Waals surface area contributed by atoms with E-state index in [2.05, 4.69) is 5.32 Å². The Hall–Kier alpha value is -2.59. The molecular weight excluding hydrogens is 440 g/mol. The molecule has 10 heteroatoms. The van der Waals surface area contributed by atoms with Gasteiger partial charge < -0.3 is 19.9 Å². The van der Waals surface area contributed by atoms with Crippen molar-refractivity contribution in [3.63, 3.8) is 0 Å². The number of hydrogen-bond acceptors (Lipinski definition) is 7. The summed E-state index contributed by atoms with van der Waals surface area (Å²) in [6, 6.07) is 4.32. The molecule has 2 rings (SSSR count). The van der Waals surface area contributed by atoms with Crippen LogP contribution in [-0.4, -0.2) is 58.9 Å². The molecule has 0 aromatic heterocycles. The first-order valence-corrected chi connectivity index (χ1v) is 10.9. The molecule has 168 valence electrons. The predicted octanol–water partition coefficient (Wildman–Crippen LogP) is 2.91. The molecule has 2 unspecified atom stereocenters. The van der Waals surface area contributed by atoms with Gasteiger partial charge in [-0.05, 0) is 29.7 Å². The number of aliphatic carboxylic acids is 1. The molecule has 1 fully saturated rings. The van der Waals surface area contributed by atoms with Crippen molar-refractivity contribution < 1.29 is 29.0 Å². The molecule has 2 amide bonds. The quantitative estimate of drug-likeness (QED) is 0.401. The normalized spacial score (nSPS) is 16.9. The number of amides is 2. The van der Waals surface area contributed by atoms with E-state index in [0.717, 1.165) is 17.3 Å². The molecule has 0 bridgehead atoms. The molecule has 2 atom stereocenters. The van der Waals surface area contributed by atoms with Crippen molar-refractivity contribution in [3.05, 3.63) is 28.7 Å². The van der Waals surface area contributed by atoms with Gasteiger partial charge in [-0.25, -0.2) is 4.79 Å². The van der Waals surface area contributed by atoms with Crippen LogP contribution in [-0.2, 0) is 14.4 Å². The van der Waals surface area contributed by atoms with Crippen LogP contribution >= 0.6 is 24.0 Å². The number of carboxylic acids is 1. The Kier molecular flexibility index (Phi) is 8.88. The molecule has 0 saturated carbocycles. The fourth-order valence-electron chi connectivity index (χ4n) is 2.93. The van der Waals surface area contributed by atoms with Gasteiger partial charge >= 0.3 is 5.97 Å². The van der Waals surface area contributed by atoms with Gasteiger partial charge in [-0.15, -0.1) is 0 Å². The summed E-state index contributed by atoms with van der Waals surface area (Å²) in [7, 11) is 3.07. The highest BCUT2D eigenvalue weighted by Crippen LogP contribution is 2.34. The van der Waals surface area contributed by atoms with E-state index in [9.17, 15) is 19.5 Å². The summed E-state index contributed by atoms with van der Waals surface area (Å²) in [5.41, 5.74) is 0.744. The van der Waals surface area contributed by atoms with Crippen LogP contribution < -0.4 is 14.8 Å². The molecule has 8 nitrogen and oxygen atoms in total. The number of carboxylic acid groups (broad SMARTS) is 1. The Bertz CT molecular complexity index is 902. The third kappa shape index (κ3) is 6.20. The van der Waals surface area contributed by atoms with Crippen LogP contribution in [0.15, 0.2) is 23.1 Å². The van der Waals surface area contributed by atoms with Gasteiger partial charge in [0.25, 0.3) is 5.91 Å². The van der Waals surface area contributed by atoms with Crippen molar-refractivity contribution in [3.8, 4) is 11.5 Å². The van der Waals surface area contributed by atoms with E-state index in [1.165, 1.54) is 12.0 Å². The van der Waals surface area contributed by atoms with Crippen molar-refractivity contribution in [2.24, 2.45) is 5.92 Å². The number of hydrogen-bond donors (Lipinski definition) is 2. The van der Waals surface area contributed by atoms with Gasteiger partial charge in [-0.1, -0.05) is 50.3 Å². The summed E-state index contributed by atoms with van der Waals surface area (Å²) < 4.78 is 10.8. The van der Waals surface area contributed by atoms with Crippen LogP contribution in [0, 0.1) is 5.92 Å². The largest absolute Gasteiger partial charge is 0.493 e. The predicted molar refractivity (Wildman–Crippen MR) is 123 cm³/mol. The van der Waals surface area contributed by atoms with Crippen molar-refractivity contribution in [1.82, 2.24) is 10.2 Å². The average molecular weight is 467 g/mol. The first kappa shape index (κ1) is 24.7. The Balaban J connectivity index is 2.04. The molecule has 1 aromatic carbocycles. The van der Waals surface area contributed by atoms with Gasteiger partial charge in [0.2, 0.25) is 5.91 Å². The Morgan fingerprint density at radius 1 is 1.29 bits per heavy atom. The van der Waals surface area contributed by atoms with E-state index in [-0.39, 0.29) is 24.8 Å². The summed E-state index contributed by atoms with van der Waals surface area (Å²) in [5, 5.41) is 11.8. The Morgan fingerprint density at radius 3 is 2.55 bits per heavy atom. The number of thioether (sulfide) groups is 1. The lowest BCUT2D eigenvalue weighted by atomic mass is 9.99. The number of rotatable bonds is 10. The minimum Gasteiger partial charge on any atom is -0.493 e. The minimum absolute atomic E-state index is 0.0453. The van der Waals surface area contributed by atoms with Crippen molar-refractivity contribution in [2.75, 3.05) is 20.8 Å². The van der Waals surface area contributed by atoms with E-state index in [4.69, 9.17) is 21.7 Å². The Morgan fingerprint density at radius 2 is 1.97 bits per heavy atom. The number of nitrogens with one attached hydrogen (secondary N) is 1. The molecule has 1 aliphatic rings. The highest BCUT2D eigenvalue weighted by molar-refractivity contribution is 8.26. The van der Waals surface area contributed by atoms with E-state index in [0.29, 0.717) is 27.1 Å². The molecule has 0 radical (unpaired) electrons. The SMILES string of the molecule is CCC(C)C(NC(=O)CCN1C(=O)/C(=C\c2ccc(OC)c(OC)c2)SC1=S)C(=O)O. The van der Waals surface area contributed by atoms with Gasteiger partial charge in [0.15, 0.2) is 11.5 Å². The zero-order valence-electron chi connectivity index (χ0n) is 17.8. The lowest BCUT2D eigenvalue weighted by molar-refractivity contribution is -0.143. The number of ether oxygens (including phenoxy) is 2. The van der Waals surface area contributed by atoms with E-state index < -0.39 is 17.9 Å². The molecule has 1 heterocycles. The number of carbonyl (C=O) groups is 3. The minimum atomic E-state index is -1.08. The highest BCUT2D eigenvalue weighted by Gasteiger charge is 2.33. The fourth-order valence-corrected chi connectivity index (χ4v) is 4.24. The van der Waals surface area contributed by atoms with Crippen LogP contribution in [0.5, 0.6) is 11.5 Å². The maximum Gasteiger partial charge on any atom is 0.326 e. The maximum absolute atomic E-state index is 12.8. The number of thiocarbonyl (C=S) groups is 1. The van der Waals surface area contributed by atoms with E-state index in [1.54, 1.807) is 38.3 Å². The molecule has 2 N–H and O–H groups in total. The number of methoxy groups -OCH3 is 2. The van der Waals surface area contributed by atoms with Gasteiger partial charge in [-0.2, -0.15) is 0 Å². The van der Waals surface area contributed by atoms with Crippen molar-refractivity contribution in [1.29, 1.82) is 0 Å². The monoisotopic (exact) mass is 466 g/mol. The topological polar surface area (TPSA) is 105 Å². The summed E-state index contributed by atoms with van der Waals surface area (Å²) >= 11 is 6.45. The van der Waals surface area contributed by atoms with Crippen molar-refractivity contribution >= 4 is 52.2 Å². The first-order valence-electron chi connectivity index (χ1n) is 9.71. The second-order valence-electron chi connectivity index (χ2n) is 6.97. The Labute approximate surface area is 191 Å². The molecule has 0 spiro atoms. The summed E-state index contributed by atoms with van der Waals surface area (Å²) in [6.07, 6.45) is 2.27. The summed E-state index contributed by atoms with van der Waals surface area (Å²) in [5.74, 6) is -0.901. The van der Waals surface area contributed by atoms with Gasteiger partial charge in [-0.3, -0.25) is 14.5 Å². The zero-order chi connectivity index (χ0) is 23.1. The zero-order valence-corrected chi connectivity index (χ0v) is 19.5. The fraction of sp³-hybridized carbons (Fsp3) is 0.429. The lowest BCUT2D eigenvalue weighted by Crippen LogP contribution is -2.46. The highest BCUT2D eigenvalue weighted by atomic mass is 32.2. The average Bonchev–Trinajstić information content (AvgIpc) is 3.01. The van der Waals surface area contributed by atoms with E-state index >= 15 is 0 Å². The second-order valence-corrected chi connectivity index (χ2v) is 8.64. The van der Waals surface area contributed by atoms with Crippen LogP contribution in [0.2, 0.25) is 0 Å². The first-order chi connectivity index (χ1) is 14.7. The van der Waals surface area contributed by atoms with Crippen LogP contribution in [0.1, 0.15) is 32.3 Å². The number of nitrogens with zero attached hydrogens (tertiary/aromatic N) is 1. The third-order valence-corrected chi connectivity index (χ3v) is 6.31. The van der Waals surface area contributed by atoms with Gasteiger partial charge in [0.05, 0.1) is 19.1 Å². The standard InChI is InChI=1S/C21H26N2O6S2/c1-5-12(2)18(20(26)27)22-17(24)8-9-23-19(25)16(31-21(23)30)11-13-6-7-14(28-3)15(10-13)29-4/h6-7,10-12,18H,5,8-9H2,1-4H3,(H,22,24)(H,26,27)/b16-11+. The van der Waals surface area contributed by atoms with Gasteiger partial charge in [0.1, 0.15) is 10.4 Å². The van der Waals surface area contributed by atoms with Crippen LogP contribution in [0.25, 0.3) is 6.08 Å². The molecule has 0 aliphatic carbocycles.